The molecule has 8 heavy (non-hydrogen) atoms. The van der Waals surface area contributed by atoms with Crippen molar-refractivity contribution >= 4 is 0 Å². The molecule has 0 bridgehead atoms. The summed E-state index contributed by atoms with van der Waals surface area (Å²) in [6, 6.07) is 0. The SMILES string of the molecule is C=CC(C)C.O=NO. The van der Waals surface area contributed by atoms with Crippen molar-refractivity contribution in [3.8, 4) is 0 Å². The van der Waals surface area contributed by atoms with Crippen LogP contribution in [0.25, 0.3) is 0 Å². The van der Waals surface area contributed by atoms with E-state index in [2.05, 4.69) is 20.4 Å². The van der Waals surface area contributed by atoms with Crippen molar-refractivity contribution in [1.29, 1.82) is 0 Å². The van der Waals surface area contributed by atoms with Crippen LogP contribution in [0.5, 0.6) is 0 Å². The van der Waals surface area contributed by atoms with Gasteiger partial charge in [0, 0.05) is 0 Å². The van der Waals surface area contributed by atoms with Crippen molar-refractivity contribution in [2.24, 2.45) is 11.3 Å². The lowest BCUT2D eigenvalue weighted by atomic mass is 10.2. The molecule has 0 amide bonds. The van der Waals surface area contributed by atoms with Crippen LogP contribution in [0.3, 0.4) is 0 Å². The first-order chi connectivity index (χ1) is 3.68. The molecule has 0 aliphatic carbocycles. The molecule has 0 aromatic rings. The molecule has 0 fully saturated rings. The van der Waals surface area contributed by atoms with E-state index in [4.69, 9.17) is 10.1 Å². The minimum Gasteiger partial charge on any atom is -0.379 e. The Hall–Kier alpha value is -0.860. The molecule has 0 aliphatic rings. The number of allylic oxidation sites excluding steroid dienone is 1. The van der Waals surface area contributed by atoms with E-state index in [-0.39, 0.29) is 0 Å². The fraction of sp³-hybridized carbons (Fsp3) is 0.600. The molecule has 0 aromatic heterocycles. The van der Waals surface area contributed by atoms with Crippen molar-refractivity contribution < 1.29 is 5.21 Å². The van der Waals surface area contributed by atoms with E-state index in [0.717, 1.165) is 0 Å². The zero-order valence-corrected chi connectivity index (χ0v) is 5.16. The van der Waals surface area contributed by atoms with Gasteiger partial charge in [0.2, 0.25) is 0 Å². The second kappa shape index (κ2) is 9.46. The maximum absolute atomic E-state index is 8.11. The second-order valence-corrected chi connectivity index (χ2v) is 1.56. The molecule has 0 heterocycles. The quantitative estimate of drug-likeness (QED) is 0.324. The Morgan fingerprint density at radius 3 is 1.88 bits per heavy atom. The highest BCUT2D eigenvalue weighted by molar-refractivity contribution is 4.69. The van der Waals surface area contributed by atoms with Gasteiger partial charge in [-0.05, 0) is 5.92 Å². The lowest BCUT2D eigenvalue weighted by molar-refractivity contribution is 0.312. The highest BCUT2D eigenvalue weighted by Gasteiger charge is 1.73. The summed E-state index contributed by atoms with van der Waals surface area (Å²) in [7, 11) is 0. The average Bonchev–Trinajstić information content (AvgIpc) is 1.69. The summed E-state index contributed by atoms with van der Waals surface area (Å²) >= 11 is 0. The topological polar surface area (TPSA) is 49.7 Å². The van der Waals surface area contributed by atoms with Gasteiger partial charge in [0.25, 0.3) is 0 Å². The van der Waals surface area contributed by atoms with Gasteiger partial charge in [0.05, 0.1) is 0 Å². The maximum Gasteiger partial charge on any atom is 0.152 e. The highest BCUT2D eigenvalue weighted by atomic mass is 16.6. The number of nitrogens with zero attached hydrogens (tertiary/aromatic N) is 1. The zero-order chi connectivity index (χ0) is 6.99. The van der Waals surface area contributed by atoms with E-state index in [0.29, 0.717) is 5.92 Å². The molecule has 0 aromatic carbocycles. The summed E-state index contributed by atoms with van der Waals surface area (Å²) < 4.78 is 0. The van der Waals surface area contributed by atoms with E-state index >= 15 is 0 Å². The van der Waals surface area contributed by atoms with Crippen molar-refractivity contribution in [2.45, 2.75) is 13.8 Å². The Bertz CT molecular complexity index is 61.4. The molecule has 0 spiro atoms. The summed E-state index contributed by atoms with van der Waals surface area (Å²) in [5.74, 6) is 0.648. The third kappa shape index (κ3) is 67.8. The Labute approximate surface area is 49.0 Å². The van der Waals surface area contributed by atoms with Gasteiger partial charge >= 0.3 is 0 Å². The standard InChI is InChI=1S/C5H10.HNO2/c1-4-5(2)3;2-1-3/h4-5H,1H2,2-3H3;(H,2,3). The van der Waals surface area contributed by atoms with Gasteiger partial charge in [-0.1, -0.05) is 19.9 Å². The monoisotopic (exact) mass is 117 g/mol. The van der Waals surface area contributed by atoms with Gasteiger partial charge in [-0.25, -0.2) is 0 Å². The average molecular weight is 117 g/mol. The third-order valence-corrected chi connectivity index (χ3v) is 0.471. The molecule has 3 nitrogen and oxygen atoms in total. The molecule has 0 radical (unpaired) electrons. The van der Waals surface area contributed by atoms with Crippen molar-refractivity contribution in [3.05, 3.63) is 17.6 Å². The van der Waals surface area contributed by atoms with Crippen LogP contribution >= 0.6 is 0 Å². The smallest absolute Gasteiger partial charge is 0.152 e. The van der Waals surface area contributed by atoms with Crippen molar-refractivity contribution in [3.63, 3.8) is 0 Å². The normalized spacial score (nSPS) is 6.88. The van der Waals surface area contributed by atoms with Gasteiger partial charge in [0.15, 0.2) is 5.34 Å². The van der Waals surface area contributed by atoms with Gasteiger partial charge < -0.3 is 5.21 Å². The summed E-state index contributed by atoms with van der Waals surface area (Å²) in [5.41, 5.74) is 0. The summed E-state index contributed by atoms with van der Waals surface area (Å²) in [6.45, 7) is 7.77. The van der Waals surface area contributed by atoms with Crippen LogP contribution in [0.4, 0.5) is 0 Å². The molecule has 0 aliphatic heterocycles. The molecule has 0 unspecified atom stereocenters. The van der Waals surface area contributed by atoms with E-state index in [1.54, 1.807) is 0 Å². The summed E-state index contributed by atoms with van der Waals surface area (Å²) in [6.07, 6.45) is 1.92. The predicted molar refractivity (Wildman–Crippen MR) is 32.6 cm³/mol. The van der Waals surface area contributed by atoms with E-state index in [9.17, 15) is 0 Å². The summed E-state index contributed by atoms with van der Waals surface area (Å²) in [4.78, 5) is 8.11. The first-order valence-corrected chi connectivity index (χ1v) is 2.28. The molecule has 3 heteroatoms. The minimum absolute atomic E-state index is 0.648. The van der Waals surface area contributed by atoms with Crippen LogP contribution in [0.2, 0.25) is 0 Å². The molecular formula is C5H11NO2. The molecule has 1 N–H and O–H groups in total. The third-order valence-electron chi connectivity index (χ3n) is 0.471. The Balaban J connectivity index is 0. The van der Waals surface area contributed by atoms with E-state index < -0.39 is 0 Å². The molecule has 0 saturated heterocycles. The van der Waals surface area contributed by atoms with Crippen molar-refractivity contribution in [1.82, 2.24) is 0 Å². The maximum atomic E-state index is 8.11. The molecule has 0 rings (SSSR count). The number of rotatable bonds is 1. The Kier molecular flexibility index (Phi) is 12.1. The van der Waals surface area contributed by atoms with Gasteiger partial charge in [-0.2, -0.15) is 0 Å². The molecule has 0 saturated carbocycles. The van der Waals surface area contributed by atoms with Crippen LogP contribution in [0.1, 0.15) is 13.8 Å². The Morgan fingerprint density at radius 1 is 1.75 bits per heavy atom. The molecular weight excluding hydrogens is 106 g/mol. The van der Waals surface area contributed by atoms with Crippen LogP contribution in [0.15, 0.2) is 18.0 Å². The highest BCUT2D eigenvalue weighted by Crippen LogP contribution is 1.87. The first kappa shape index (κ1) is 10.2. The predicted octanol–water partition coefficient (Wildman–Crippen LogP) is 1.97. The van der Waals surface area contributed by atoms with Gasteiger partial charge in [0.1, 0.15) is 0 Å². The summed E-state index contributed by atoms with van der Waals surface area (Å²) in [5, 5.41) is 7.89. The van der Waals surface area contributed by atoms with Crippen LogP contribution < -0.4 is 0 Å². The fourth-order valence-electron chi connectivity index (χ4n) is 0. The van der Waals surface area contributed by atoms with Crippen LogP contribution in [-0.2, 0) is 0 Å². The van der Waals surface area contributed by atoms with Crippen LogP contribution in [0, 0.1) is 10.8 Å². The first-order valence-electron chi connectivity index (χ1n) is 2.28. The number of hydrogen-bond donors (Lipinski definition) is 1. The zero-order valence-electron chi connectivity index (χ0n) is 5.16. The van der Waals surface area contributed by atoms with Crippen LogP contribution in [-0.4, -0.2) is 5.21 Å². The molecule has 48 valence electrons. The number of hydrogen-bond acceptors (Lipinski definition) is 2. The molecule has 0 atom stereocenters. The van der Waals surface area contributed by atoms with Gasteiger partial charge in [-0.15, -0.1) is 11.5 Å². The largest absolute Gasteiger partial charge is 0.379 e. The second-order valence-electron chi connectivity index (χ2n) is 1.56. The lowest BCUT2D eigenvalue weighted by Crippen LogP contribution is -1.71. The Morgan fingerprint density at radius 2 is 1.88 bits per heavy atom. The lowest BCUT2D eigenvalue weighted by Gasteiger charge is -1.84. The van der Waals surface area contributed by atoms with E-state index in [1.165, 1.54) is 5.34 Å². The van der Waals surface area contributed by atoms with Crippen molar-refractivity contribution in [2.75, 3.05) is 0 Å². The van der Waals surface area contributed by atoms with E-state index in [1.807, 2.05) is 6.08 Å². The van der Waals surface area contributed by atoms with Gasteiger partial charge in [-0.3, -0.25) is 0 Å². The fourth-order valence-corrected chi connectivity index (χ4v) is 0. The minimum atomic E-state index is 0.648.